The van der Waals surface area contributed by atoms with Crippen LogP contribution in [-0.2, 0) is 25.9 Å². The van der Waals surface area contributed by atoms with Crippen LogP contribution >= 0.6 is 0 Å². The number of rotatable bonds is 5. The molecular weight excluding hydrogens is 330 g/mol. The van der Waals surface area contributed by atoms with Crippen molar-refractivity contribution < 1.29 is 9.90 Å². The van der Waals surface area contributed by atoms with Gasteiger partial charge in [0.25, 0.3) is 0 Å². The van der Waals surface area contributed by atoms with E-state index >= 15 is 0 Å². The lowest BCUT2D eigenvalue weighted by atomic mass is 10.1. The number of anilines is 1. The number of aromatic nitrogens is 4. The van der Waals surface area contributed by atoms with E-state index in [9.17, 15) is 4.79 Å². The Balaban J connectivity index is 1.45. The summed E-state index contributed by atoms with van der Waals surface area (Å²) in [6.07, 6.45) is 6.59. The fourth-order valence-corrected chi connectivity index (χ4v) is 3.25. The Hall–Kier alpha value is -3.22. The van der Waals surface area contributed by atoms with Crippen LogP contribution in [0.2, 0.25) is 0 Å². The SMILES string of the molecule is O=C(O)c1cnc(N2CCc3c(ncn3CCc3ccccc3)C2)cn1. The number of imidazole rings is 1. The number of aryl methyl sites for hydroxylation is 2. The van der Waals surface area contributed by atoms with Crippen molar-refractivity contribution in [1.29, 1.82) is 0 Å². The molecule has 7 heteroatoms. The molecule has 0 bridgehead atoms. The van der Waals surface area contributed by atoms with E-state index in [0.717, 1.165) is 31.6 Å². The molecule has 3 heterocycles. The van der Waals surface area contributed by atoms with Crippen molar-refractivity contribution in [3.8, 4) is 0 Å². The topological polar surface area (TPSA) is 84.1 Å². The first kappa shape index (κ1) is 16.3. The highest BCUT2D eigenvalue weighted by atomic mass is 16.4. The van der Waals surface area contributed by atoms with Crippen LogP contribution in [0.5, 0.6) is 0 Å². The van der Waals surface area contributed by atoms with Gasteiger partial charge in [0.1, 0.15) is 5.82 Å². The van der Waals surface area contributed by atoms with Gasteiger partial charge in [0.2, 0.25) is 0 Å². The molecule has 132 valence electrons. The van der Waals surface area contributed by atoms with Crippen LogP contribution < -0.4 is 4.90 Å². The largest absolute Gasteiger partial charge is 0.476 e. The van der Waals surface area contributed by atoms with Crippen LogP contribution in [0.1, 0.15) is 27.4 Å². The zero-order chi connectivity index (χ0) is 17.9. The zero-order valence-electron chi connectivity index (χ0n) is 14.2. The molecule has 0 unspecified atom stereocenters. The smallest absolute Gasteiger partial charge is 0.356 e. The minimum Gasteiger partial charge on any atom is -0.476 e. The van der Waals surface area contributed by atoms with Crippen molar-refractivity contribution in [3.05, 3.63) is 71.7 Å². The molecule has 0 spiro atoms. The van der Waals surface area contributed by atoms with Gasteiger partial charge in [-0.25, -0.2) is 19.7 Å². The van der Waals surface area contributed by atoms with Crippen LogP contribution in [-0.4, -0.2) is 37.1 Å². The highest BCUT2D eigenvalue weighted by molar-refractivity contribution is 5.84. The summed E-state index contributed by atoms with van der Waals surface area (Å²) in [5.74, 6) is -0.387. The van der Waals surface area contributed by atoms with Crippen LogP contribution in [0.3, 0.4) is 0 Å². The number of hydrogen-bond donors (Lipinski definition) is 1. The molecule has 2 aromatic heterocycles. The number of fused-ring (bicyclic) bond motifs is 1. The number of carboxylic acids is 1. The Bertz CT molecular complexity index is 905. The second kappa shape index (κ2) is 6.95. The molecule has 7 nitrogen and oxygen atoms in total. The third kappa shape index (κ3) is 3.28. The molecule has 4 rings (SSSR count). The minimum atomic E-state index is -1.07. The molecule has 1 aliphatic rings. The van der Waals surface area contributed by atoms with Gasteiger partial charge in [0, 0.05) is 25.2 Å². The second-order valence-electron chi connectivity index (χ2n) is 6.30. The summed E-state index contributed by atoms with van der Waals surface area (Å²) >= 11 is 0. The predicted octanol–water partition coefficient (Wildman–Crippen LogP) is 2.18. The summed E-state index contributed by atoms with van der Waals surface area (Å²) in [6, 6.07) is 10.4. The van der Waals surface area contributed by atoms with Crippen molar-refractivity contribution in [1.82, 2.24) is 19.5 Å². The van der Waals surface area contributed by atoms with E-state index in [1.165, 1.54) is 23.7 Å². The lowest BCUT2D eigenvalue weighted by Crippen LogP contribution is -2.32. The number of aromatic carboxylic acids is 1. The van der Waals surface area contributed by atoms with Crippen LogP contribution in [0.25, 0.3) is 0 Å². The van der Waals surface area contributed by atoms with E-state index in [-0.39, 0.29) is 5.69 Å². The summed E-state index contributed by atoms with van der Waals surface area (Å²) in [6.45, 7) is 2.39. The van der Waals surface area contributed by atoms with Crippen molar-refractivity contribution in [2.75, 3.05) is 11.4 Å². The molecular formula is C19H19N5O2. The van der Waals surface area contributed by atoms with Crippen LogP contribution in [0, 0.1) is 0 Å². The molecule has 0 saturated carbocycles. The molecule has 3 aromatic rings. The van der Waals surface area contributed by atoms with Gasteiger partial charge < -0.3 is 14.6 Å². The average molecular weight is 349 g/mol. The maximum Gasteiger partial charge on any atom is 0.356 e. The molecule has 26 heavy (non-hydrogen) atoms. The van der Waals surface area contributed by atoms with Gasteiger partial charge in [-0.15, -0.1) is 0 Å². The molecule has 0 radical (unpaired) electrons. The quantitative estimate of drug-likeness (QED) is 0.760. The molecule has 1 aromatic carbocycles. The van der Waals surface area contributed by atoms with Gasteiger partial charge in [0.15, 0.2) is 5.69 Å². The van der Waals surface area contributed by atoms with Gasteiger partial charge in [0.05, 0.1) is 31.0 Å². The van der Waals surface area contributed by atoms with E-state index in [1.807, 2.05) is 12.4 Å². The van der Waals surface area contributed by atoms with E-state index in [2.05, 4.69) is 48.7 Å². The molecule has 0 fully saturated rings. The number of carbonyl (C=O) groups is 1. The third-order valence-corrected chi connectivity index (χ3v) is 4.66. The fourth-order valence-electron chi connectivity index (χ4n) is 3.25. The lowest BCUT2D eigenvalue weighted by molar-refractivity contribution is 0.0690. The predicted molar refractivity (Wildman–Crippen MR) is 96.1 cm³/mol. The van der Waals surface area contributed by atoms with Crippen LogP contribution in [0.4, 0.5) is 5.82 Å². The lowest BCUT2D eigenvalue weighted by Gasteiger charge is -2.27. The summed E-state index contributed by atoms with van der Waals surface area (Å²) in [5, 5.41) is 8.92. The fraction of sp³-hybridized carbons (Fsp3) is 0.263. The molecule has 0 aliphatic carbocycles. The molecule has 1 aliphatic heterocycles. The Morgan fingerprint density at radius 3 is 2.69 bits per heavy atom. The average Bonchev–Trinajstić information content (AvgIpc) is 3.09. The van der Waals surface area contributed by atoms with Crippen molar-refractivity contribution in [2.45, 2.75) is 25.9 Å². The Kier molecular flexibility index (Phi) is 4.35. The molecule has 0 amide bonds. The highest BCUT2D eigenvalue weighted by Gasteiger charge is 2.22. The second-order valence-corrected chi connectivity index (χ2v) is 6.30. The van der Waals surface area contributed by atoms with Crippen LogP contribution in [0.15, 0.2) is 49.1 Å². The monoisotopic (exact) mass is 349 g/mol. The van der Waals surface area contributed by atoms with Gasteiger partial charge in [-0.2, -0.15) is 0 Å². The van der Waals surface area contributed by atoms with Gasteiger partial charge >= 0.3 is 5.97 Å². The number of benzene rings is 1. The van der Waals surface area contributed by atoms with E-state index in [0.29, 0.717) is 12.4 Å². The Labute approximate surface area is 151 Å². The first-order valence-corrected chi connectivity index (χ1v) is 8.58. The first-order chi connectivity index (χ1) is 12.7. The zero-order valence-corrected chi connectivity index (χ0v) is 14.2. The highest BCUT2D eigenvalue weighted by Crippen LogP contribution is 2.22. The van der Waals surface area contributed by atoms with Gasteiger partial charge in [-0.1, -0.05) is 30.3 Å². The van der Waals surface area contributed by atoms with E-state index in [4.69, 9.17) is 5.11 Å². The van der Waals surface area contributed by atoms with Crippen molar-refractivity contribution in [3.63, 3.8) is 0 Å². The van der Waals surface area contributed by atoms with E-state index < -0.39 is 5.97 Å². The van der Waals surface area contributed by atoms with Gasteiger partial charge in [-0.3, -0.25) is 0 Å². The number of nitrogens with zero attached hydrogens (tertiary/aromatic N) is 5. The number of hydrogen-bond acceptors (Lipinski definition) is 5. The molecule has 0 atom stereocenters. The first-order valence-electron chi connectivity index (χ1n) is 8.58. The van der Waals surface area contributed by atoms with Gasteiger partial charge in [-0.05, 0) is 12.0 Å². The Morgan fingerprint density at radius 1 is 1.12 bits per heavy atom. The maximum absolute atomic E-state index is 10.9. The Morgan fingerprint density at radius 2 is 1.96 bits per heavy atom. The minimum absolute atomic E-state index is 0.0448. The third-order valence-electron chi connectivity index (χ3n) is 4.66. The molecule has 1 N–H and O–H groups in total. The number of carboxylic acid groups (broad SMARTS) is 1. The standard InChI is InChI=1S/C19H19N5O2/c25-19(26)15-10-21-18(11-20-15)23-9-7-17-16(12-23)22-13-24(17)8-6-14-4-2-1-3-5-14/h1-5,10-11,13H,6-9,12H2,(H,25,26). The summed E-state index contributed by atoms with van der Waals surface area (Å²) < 4.78 is 2.23. The van der Waals surface area contributed by atoms with Crippen molar-refractivity contribution in [2.24, 2.45) is 0 Å². The summed E-state index contributed by atoms with van der Waals surface area (Å²) in [7, 11) is 0. The van der Waals surface area contributed by atoms with E-state index in [1.54, 1.807) is 0 Å². The van der Waals surface area contributed by atoms with Crippen molar-refractivity contribution >= 4 is 11.8 Å². The summed E-state index contributed by atoms with van der Waals surface area (Å²) in [4.78, 5) is 25.7. The normalized spacial score (nSPS) is 13.5. The molecule has 0 saturated heterocycles. The summed E-state index contributed by atoms with van der Waals surface area (Å²) in [5.41, 5.74) is 3.60. The maximum atomic E-state index is 10.9.